The summed E-state index contributed by atoms with van der Waals surface area (Å²) in [6.45, 7) is 1.77. The van der Waals surface area contributed by atoms with Crippen LogP contribution in [0.3, 0.4) is 0 Å². The average molecular weight is 409 g/mol. The highest BCUT2D eigenvalue weighted by molar-refractivity contribution is 5.99. The van der Waals surface area contributed by atoms with E-state index in [9.17, 15) is 19.2 Å². The first-order chi connectivity index (χ1) is 14.5. The molecule has 4 rings (SSSR count). The zero-order chi connectivity index (χ0) is 21.3. The number of Topliss-reactive ketones (excluding diaryl/α,β-unsaturated/α-hetero) is 1. The molecule has 0 saturated carbocycles. The quantitative estimate of drug-likeness (QED) is 0.583. The van der Waals surface area contributed by atoms with Crippen LogP contribution in [0.2, 0.25) is 0 Å². The van der Waals surface area contributed by atoms with Gasteiger partial charge in [-0.2, -0.15) is 0 Å². The van der Waals surface area contributed by atoms with Crippen LogP contribution in [0.25, 0.3) is 5.65 Å². The summed E-state index contributed by atoms with van der Waals surface area (Å²) in [4.78, 5) is 55.9. The Kier molecular flexibility index (Phi) is 5.35. The van der Waals surface area contributed by atoms with Gasteiger partial charge in [0.25, 0.3) is 5.56 Å². The number of carbonyl (C=O) groups is 2. The van der Waals surface area contributed by atoms with Crippen molar-refractivity contribution >= 4 is 17.3 Å². The summed E-state index contributed by atoms with van der Waals surface area (Å²) >= 11 is 0. The number of fused-ring (bicyclic) bond motifs is 2. The maximum Gasteiger partial charge on any atom is 0.328 e. The van der Waals surface area contributed by atoms with Crippen LogP contribution in [0, 0.1) is 6.92 Å². The lowest BCUT2D eigenvalue weighted by molar-refractivity contribution is -0.121. The molecular weight excluding hydrogens is 386 g/mol. The molecule has 0 unspecified atom stereocenters. The molecule has 156 valence electrons. The number of carbonyl (C=O) groups excluding carboxylic acids is 2. The van der Waals surface area contributed by atoms with Crippen LogP contribution in [0.4, 0.5) is 0 Å². The summed E-state index contributed by atoms with van der Waals surface area (Å²) in [6.07, 6.45) is 4.93. The Balaban J connectivity index is 1.41. The lowest BCUT2D eigenvalue weighted by atomic mass is 9.97. The molecule has 0 aromatic carbocycles. The first-order valence-corrected chi connectivity index (χ1v) is 10.0. The molecule has 0 bridgehead atoms. The summed E-state index contributed by atoms with van der Waals surface area (Å²) in [5, 5.41) is 2.63. The van der Waals surface area contributed by atoms with Crippen molar-refractivity contribution < 1.29 is 9.59 Å². The fourth-order valence-corrected chi connectivity index (χ4v) is 4.04. The molecule has 1 aliphatic rings. The van der Waals surface area contributed by atoms with Crippen LogP contribution in [0.15, 0.2) is 34.0 Å². The Morgan fingerprint density at radius 2 is 2.00 bits per heavy atom. The molecule has 2 N–H and O–H groups in total. The van der Waals surface area contributed by atoms with E-state index in [2.05, 4.69) is 15.3 Å². The Labute approximate surface area is 171 Å². The van der Waals surface area contributed by atoms with Gasteiger partial charge >= 0.3 is 5.69 Å². The fraction of sp³-hybridized carbons (Fsp3) is 0.381. The number of rotatable bonds is 6. The average Bonchev–Trinajstić information content (AvgIpc) is 3.07. The van der Waals surface area contributed by atoms with Crippen molar-refractivity contribution in [2.24, 2.45) is 0 Å². The second-order valence-electron chi connectivity index (χ2n) is 7.47. The number of pyridine rings is 1. The summed E-state index contributed by atoms with van der Waals surface area (Å²) in [6, 6.07) is 5.46. The largest absolute Gasteiger partial charge is 0.349 e. The van der Waals surface area contributed by atoms with Crippen molar-refractivity contribution in [2.75, 3.05) is 6.54 Å². The lowest BCUT2D eigenvalue weighted by Gasteiger charge is -2.19. The second-order valence-corrected chi connectivity index (χ2v) is 7.47. The van der Waals surface area contributed by atoms with E-state index in [4.69, 9.17) is 0 Å². The van der Waals surface area contributed by atoms with Gasteiger partial charge in [-0.25, -0.2) is 9.78 Å². The molecule has 0 aliphatic heterocycles. The maximum absolute atomic E-state index is 12.6. The van der Waals surface area contributed by atoms with E-state index in [1.54, 1.807) is 17.5 Å². The molecule has 30 heavy (non-hydrogen) atoms. The molecule has 0 atom stereocenters. The van der Waals surface area contributed by atoms with Gasteiger partial charge in [0, 0.05) is 30.4 Å². The smallest absolute Gasteiger partial charge is 0.328 e. The molecule has 3 aromatic rings. The molecule has 3 aromatic heterocycles. The van der Waals surface area contributed by atoms with E-state index in [-0.39, 0.29) is 36.8 Å². The minimum atomic E-state index is -0.495. The number of H-pyrrole nitrogens is 1. The van der Waals surface area contributed by atoms with Crippen LogP contribution in [-0.2, 0) is 24.2 Å². The molecule has 0 fully saturated rings. The van der Waals surface area contributed by atoms with Gasteiger partial charge in [0.05, 0.1) is 12.2 Å². The Morgan fingerprint density at radius 3 is 2.83 bits per heavy atom. The molecule has 9 nitrogen and oxygen atoms in total. The van der Waals surface area contributed by atoms with Crippen LogP contribution in [-0.4, -0.2) is 37.2 Å². The van der Waals surface area contributed by atoms with E-state index in [1.807, 2.05) is 18.2 Å². The molecule has 9 heteroatoms. The van der Waals surface area contributed by atoms with Gasteiger partial charge in [-0.15, -0.1) is 0 Å². The zero-order valence-corrected chi connectivity index (χ0v) is 16.7. The SMILES string of the molecule is Cc1nc2ccccn2c1C(=O)CNC(=O)CCn1c2c(c(=O)[nH]c1=O)CCCC2. The predicted molar refractivity (Wildman–Crippen MR) is 110 cm³/mol. The number of aromatic amines is 1. The van der Waals surface area contributed by atoms with Crippen molar-refractivity contribution in [1.82, 2.24) is 24.3 Å². The van der Waals surface area contributed by atoms with Gasteiger partial charge in [-0.1, -0.05) is 6.07 Å². The molecule has 0 spiro atoms. The summed E-state index contributed by atoms with van der Waals surface area (Å²) in [5.41, 5.74) is 2.26. The highest BCUT2D eigenvalue weighted by Crippen LogP contribution is 2.16. The molecular formula is C21H23N5O4. The van der Waals surface area contributed by atoms with Gasteiger partial charge < -0.3 is 5.32 Å². The van der Waals surface area contributed by atoms with Crippen LogP contribution in [0.5, 0.6) is 0 Å². The normalized spacial score (nSPS) is 13.2. The van der Waals surface area contributed by atoms with Crippen LogP contribution >= 0.6 is 0 Å². The Hall–Kier alpha value is -3.49. The monoisotopic (exact) mass is 409 g/mol. The van der Waals surface area contributed by atoms with E-state index in [0.717, 1.165) is 18.5 Å². The lowest BCUT2D eigenvalue weighted by Crippen LogP contribution is -2.38. The van der Waals surface area contributed by atoms with Gasteiger partial charge in [0.2, 0.25) is 11.7 Å². The predicted octanol–water partition coefficient (Wildman–Crippen LogP) is 0.761. The standard InChI is InChI=1S/C21H23N5O4/c1-13-19(26-10-5-4-8-17(26)23-13)16(27)12-22-18(28)9-11-25-15-7-3-2-6-14(15)20(29)24-21(25)30/h4-5,8,10H,2-3,6-7,9,11-12H2,1H3,(H,22,28)(H,24,29,30). The van der Waals surface area contributed by atoms with Gasteiger partial charge in [0.1, 0.15) is 11.3 Å². The van der Waals surface area contributed by atoms with Crippen molar-refractivity contribution in [3.05, 3.63) is 67.9 Å². The highest BCUT2D eigenvalue weighted by atomic mass is 16.2. The summed E-state index contributed by atoms with van der Waals surface area (Å²) in [5.74, 6) is -0.573. The van der Waals surface area contributed by atoms with E-state index < -0.39 is 5.69 Å². The molecule has 1 aliphatic carbocycles. The third-order valence-corrected chi connectivity index (χ3v) is 5.48. The fourth-order valence-electron chi connectivity index (χ4n) is 4.04. The van der Waals surface area contributed by atoms with Gasteiger partial charge in [-0.3, -0.25) is 28.3 Å². The van der Waals surface area contributed by atoms with E-state index >= 15 is 0 Å². The minimum Gasteiger partial charge on any atom is -0.349 e. The Morgan fingerprint density at radius 1 is 1.20 bits per heavy atom. The summed E-state index contributed by atoms with van der Waals surface area (Å²) < 4.78 is 3.18. The number of aromatic nitrogens is 4. The number of hydrogen-bond donors (Lipinski definition) is 2. The first-order valence-electron chi connectivity index (χ1n) is 10.0. The zero-order valence-electron chi connectivity index (χ0n) is 16.7. The number of amides is 1. The topological polar surface area (TPSA) is 118 Å². The minimum absolute atomic E-state index is 0.0395. The van der Waals surface area contributed by atoms with Crippen LogP contribution < -0.4 is 16.6 Å². The second kappa shape index (κ2) is 8.10. The van der Waals surface area contributed by atoms with Crippen molar-refractivity contribution in [1.29, 1.82) is 0 Å². The number of imidazole rings is 1. The number of nitrogens with zero attached hydrogens (tertiary/aromatic N) is 3. The van der Waals surface area contributed by atoms with Crippen molar-refractivity contribution in [3.8, 4) is 0 Å². The van der Waals surface area contributed by atoms with Gasteiger partial charge in [-0.05, 0) is 44.7 Å². The third kappa shape index (κ3) is 3.70. The molecule has 0 saturated heterocycles. The Bertz CT molecular complexity index is 1250. The van der Waals surface area contributed by atoms with Crippen molar-refractivity contribution in [2.45, 2.75) is 45.6 Å². The van der Waals surface area contributed by atoms with E-state index in [0.29, 0.717) is 35.4 Å². The number of hydrogen-bond acceptors (Lipinski definition) is 5. The summed E-state index contributed by atoms with van der Waals surface area (Å²) in [7, 11) is 0. The number of aryl methyl sites for hydroxylation is 1. The van der Waals surface area contributed by atoms with Crippen LogP contribution in [0.1, 0.15) is 46.7 Å². The highest BCUT2D eigenvalue weighted by Gasteiger charge is 2.20. The third-order valence-electron chi connectivity index (χ3n) is 5.48. The van der Waals surface area contributed by atoms with E-state index in [1.165, 1.54) is 4.57 Å². The van der Waals surface area contributed by atoms with Gasteiger partial charge in [0.15, 0.2) is 0 Å². The molecule has 3 heterocycles. The molecule has 1 amide bonds. The van der Waals surface area contributed by atoms with Crippen molar-refractivity contribution in [3.63, 3.8) is 0 Å². The number of nitrogens with one attached hydrogen (secondary N) is 2. The maximum atomic E-state index is 12.6. The molecule has 0 radical (unpaired) electrons. The first kappa shape index (κ1) is 19.8. The number of ketones is 1.